The molecule has 0 amide bonds. The molecule has 0 aromatic rings. The lowest BCUT2D eigenvalue weighted by Crippen LogP contribution is -2.28. The average molecular weight is 210 g/mol. The minimum Gasteiger partial charge on any atom is -0.458 e. The van der Waals surface area contributed by atoms with Crippen LogP contribution in [0.15, 0.2) is 0 Å². The molecular formula is C7H15O5P. The molecule has 5 nitrogen and oxygen atoms in total. The summed E-state index contributed by atoms with van der Waals surface area (Å²) in [7, 11) is 1.81. The fraction of sp³-hybridized carbons (Fsp3) is 0.857. The minimum atomic E-state index is -1.18. The van der Waals surface area contributed by atoms with Crippen molar-refractivity contribution in [1.82, 2.24) is 0 Å². The largest absolute Gasteiger partial charge is 0.458 e. The second-order valence-electron chi connectivity index (χ2n) is 2.43. The van der Waals surface area contributed by atoms with Crippen molar-refractivity contribution in [1.29, 1.82) is 0 Å². The third-order valence-electron chi connectivity index (χ3n) is 1.38. The Balaban J connectivity index is 3.59. The van der Waals surface area contributed by atoms with Gasteiger partial charge in [0.25, 0.3) is 0 Å². The monoisotopic (exact) mass is 210 g/mol. The van der Waals surface area contributed by atoms with Crippen molar-refractivity contribution in [3.8, 4) is 0 Å². The van der Waals surface area contributed by atoms with E-state index in [0.29, 0.717) is 6.42 Å². The molecule has 0 heterocycles. The van der Waals surface area contributed by atoms with E-state index in [4.69, 9.17) is 14.9 Å². The zero-order chi connectivity index (χ0) is 10.3. The summed E-state index contributed by atoms with van der Waals surface area (Å²) in [6, 6.07) is 0. The first kappa shape index (κ1) is 12.8. The third-order valence-corrected chi connectivity index (χ3v) is 1.54. The molecular weight excluding hydrogens is 195 g/mol. The van der Waals surface area contributed by atoms with Gasteiger partial charge in [0.1, 0.15) is 6.61 Å². The fourth-order valence-corrected chi connectivity index (χ4v) is 0.779. The maximum Gasteiger partial charge on any atom is 0.320 e. The smallest absolute Gasteiger partial charge is 0.320 e. The van der Waals surface area contributed by atoms with Gasteiger partial charge in [0, 0.05) is 0 Å². The van der Waals surface area contributed by atoms with E-state index < -0.39 is 18.1 Å². The molecule has 0 spiro atoms. The van der Waals surface area contributed by atoms with Crippen molar-refractivity contribution in [3.05, 3.63) is 0 Å². The zero-order valence-corrected chi connectivity index (χ0v) is 8.63. The Morgan fingerprint density at radius 3 is 2.62 bits per heavy atom. The normalized spacial score (nSPS) is 15.1. The molecule has 0 rings (SSSR count). The van der Waals surface area contributed by atoms with Crippen molar-refractivity contribution in [2.24, 2.45) is 0 Å². The van der Waals surface area contributed by atoms with Crippen molar-refractivity contribution >= 4 is 15.0 Å². The summed E-state index contributed by atoms with van der Waals surface area (Å²) in [4.78, 5) is 10.3. The number of carbonyl (C=O) groups excluding carboxylic acids is 1. The van der Waals surface area contributed by atoms with Gasteiger partial charge in [0.05, 0.1) is 12.7 Å². The van der Waals surface area contributed by atoms with Crippen LogP contribution >= 0.6 is 9.24 Å². The van der Waals surface area contributed by atoms with Crippen molar-refractivity contribution in [2.45, 2.75) is 25.7 Å². The van der Waals surface area contributed by atoms with E-state index in [1.165, 1.54) is 0 Å². The van der Waals surface area contributed by atoms with Crippen LogP contribution in [-0.2, 0) is 9.47 Å². The van der Waals surface area contributed by atoms with Crippen LogP contribution in [0.3, 0.4) is 0 Å². The minimum absolute atomic E-state index is 0.164. The molecule has 6 heteroatoms. The summed E-state index contributed by atoms with van der Waals surface area (Å²) in [5, 5.41) is 17.8. The third kappa shape index (κ3) is 6.90. The van der Waals surface area contributed by atoms with Crippen molar-refractivity contribution in [2.75, 3.05) is 13.2 Å². The topological polar surface area (TPSA) is 76.0 Å². The molecule has 0 saturated carbocycles. The Morgan fingerprint density at radius 1 is 1.62 bits per heavy atom. The fourth-order valence-electron chi connectivity index (χ4n) is 0.683. The molecule has 0 aliphatic carbocycles. The van der Waals surface area contributed by atoms with Gasteiger partial charge in [-0.2, -0.15) is 0 Å². The van der Waals surface area contributed by atoms with Crippen LogP contribution in [0.4, 0.5) is 4.79 Å². The molecule has 2 N–H and O–H groups in total. The molecule has 0 aliphatic rings. The number of hydrogen-bond acceptors (Lipinski definition) is 5. The Hall–Kier alpha value is -0.220. The van der Waals surface area contributed by atoms with Crippen LogP contribution in [0.5, 0.6) is 0 Å². The maximum absolute atomic E-state index is 10.3. The van der Waals surface area contributed by atoms with Crippen molar-refractivity contribution in [3.63, 3.8) is 0 Å². The Morgan fingerprint density at radius 2 is 2.23 bits per heavy atom. The SMILES string of the molecule is CCC(CO)OC(O)COC(=O)P. The van der Waals surface area contributed by atoms with E-state index in [1.807, 2.05) is 16.2 Å². The Bertz CT molecular complexity index is 148. The van der Waals surface area contributed by atoms with Crippen LogP contribution < -0.4 is 0 Å². The Kier molecular flexibility index (Phi) is 7.09. The molecule has 78 valence electrons. The first-order valence-corrected chi connectivity index (χ1v) is 4.54. The molecule has 0 saturated heterocycles. The molecule has 0 radical (unpaired) electrons. The summed E-state index contributed by atoms with van der Waals surface area (Å²) in [6.07, 6.45) is -1.01. The summed E-state index contributed by atoms with van der Waals surface area (Å²) in [6.45, 7) is 1.43. The average Bonchev–Trinajstić information content (AvgIpc) is 2.10. The van der Waals surface area contributed by atoms with E-state index in [0.717, 1.165) is 0 Å². The summed E-state index contributed by atoms with van der Waals surface area (Å²) in [5.74, 6) is 0. The summed E-state index contributed by atoms with van der Waals surface area (Å²) >= 11 is 0. The molecule has 3 atom stereocenters. The lowest BCUT2D eigenvalue weighted by Gasteiger charge is -2.17. The first-order chi connectivity index (χ1) is 6.10. The molecule has 0 fully saturated rings. The highest BCUT2D eigenvalue weighted by Gasteiger charge is 2.12. The molecule has 0 bridgehead atoms. The van der Waals surface area contributed by atoms with E-state index in [-0.39, 0.29) is 13.2 Å². The number of carbonyl (C=O) groups is 1. The van der Waals surface area contributed by atoms with E-state index >= 15 is 0 Å². The van der Waals surface area contributed by atoms with Gasteiger partial charge < -0.3 is 19.7 Å². The maximum atomic E-state index is 10.3. The molecule has 13 heavy (non-hydrogen) atoms. The van der Waals surface area contributed by atoms with Crippen LogP contribution in [-0.4, -0.2) is 41.5 Å². The second-order valence-corrected chi connectivity index (χ2v) is 2.91. The predicted octanol–water partition coefficient (Wildman–Crippen LogP) is 0.104. The zero-order valence-electron chi connectivity index (χ0n) is 7.47. The van der Waals surface area contributed by atoms with Gasteiger partial charge in [-0.1, -0.05) is 6.92 Å². The lowest BCUT2D eigenvalue weighted by molar-refractivity contribution is -0.164. The van der Waals surface area contributed by atoms with Gasteiger partial charge >= 0.3 is 5.71 Å². The van der Waals surface area contributed by atoms with Gasteiger partial charge in [-0.3, -0.25) is 0 Å². The highest BCUT2D eigenvalue weighted by Crippen LogP contribution is 2.02. The van der Waals surface area contributed by atoms with Crippen LogP contribution in [0, 0.1) is 0 Å². The van der Waals surface area contributed by atoms with Gasteiger partial charge in [-0.15, -0.1) is 0 Å². The molecule has 0 aromatic heterocycles. The summed E-state index contributed by atoms with van der Waals surface area (Å²) in [5.41, 5.74) is -0.556. The first-order valence-electron chi connectivity index (χ1n) is 3.96. The van der Waals surface area contributed by atoms with Crippen LogP contribution in [0.1, 0.15) is 13.3 Å². The summed E-state index contributed by atoms with van der Waals surface area (Å²) < 4.78 is 9.38. The molecule has 3 unspecified atom stereocenters. The Labute approximate surface area is 79.2 Å². The molecule has 0 aliphatic heterocycles. The van der Waals surface area contributed by atoms with E-state index in [2.05, 4.69) is 4.74 Å². The van der Waals surface area contributed by atoms with Gasteiger partial charge in [-0.05, 0) is 15.7 Å². The van der Waals surface area contributed by atoms with Crippen molar-refractivity contribution < 1.29 is 24.5 Å². The van der Waals surface area contributed by atoms with Crippen LogP contribution in [0.2, 0.25) is 0 Å². The highest BCUT2D eigenvalue weighted by atomic mass is 31.0. The number of ether oxygens (including phenoxy) is 2. The van der Waals surface area contributed by atoms with E-state index in [9.17, 15) is 4.79 Å². The van der Waals surface area contributed by atoms with Gasteiger partial charge in [-0.25, -0.2) is 4.79 Å². The quantitative estimate of drug-likeness (QED) is 0.480. The van der Waals surface area contributed by atoms with Gasteiger partial charge in [0.2, 0.25) is 0 Å². The predicted molar refractivity (Wildman–Crippen MR) is 49.3 cm³/mol. The number of rotatable bonds is 6. The number of aliphatic hydroxyl groups excluding tert-OH is 2. The van der Waals surface area contributed by atoms with Gasteiger partial charge in [0.15, 0.2) is 6.29 Å². The van der Waals surface area contributed by atoms with E-state index in [1.54, 1.807) is 0 Å². The number of aliphatic hydroxyl groups is 2. The highest BCUT2D eigenvalue weighted by molar-refractivity contribution is 7.39. The number of hydrogen-bond donors (Lipinski definition) is 2. The lowest BCUT2D eigenvalue weighted by atomic mass is 10.3. The molecule has 0 aromatic carbocycles. The second kappa shape index (κ2) is 7.21. The standard InChI is InChI=1S/C7H15O5P/c1-2-5(3-8)12-6(9)4-11-7(10)13/h5-6,8-9H,2-4,13H2,1H3. The van der Waals surface area contributed by atoms with Crippen LogP contribution in [0.25, 0.3) is 0 Å².